The average molecular weight is 234 g/mol. The smallest absolute Gasteiger partial charge is 0.225 e. The summed E-state index contributed by atoms with van der Waals surface area (Å²) < 4.78 is 0. The first kappa shape index (κ1) is 11.3. The van der Waals surface area contributed by atoms with Gasteiger partial charge in [0.1, 0.15) is 0 Å². The maximum atomic E-state index is 10.0. The van der Waals surface area contributed by atoms with Crippen molar-refractivity contribution in [2.45, 2.75) is 25.7 Å². The maximum absolute atomic E-state index is 10.0. The van der Waals surface area contributed by atoms with Gasteiger partial charge in [-0.3, -0.25) is 15.6 Å². The first-order valence-corrected chi connectivity index (χ1v) is 5.15. The van der Waals surface area contributed by atoms with Gasteiger partial charge in [0.25, 0.3) is 0 Å². The molecule has 2 rings (SSSR count). The average Bonchev–Trinajstić information content (AvgIpc) is 2.57. The van der Waals surface area contributed by atoms with Gasteiger partial charge >= 0.3 is 0 Å². The predicted molar refractivity (Wildman–Crippen MR) is 58.8 cm³/mol. The number of hydrogen-bond acceptors (Lipinski definition) is 4. The van der Waals surface area contributed by atoms with Gasteiger partial charge in [-0.25, -0.2) is 4.98 Å². The highest BCUT2D eigenvalue weighted by Gasteiger charge is 2.14. The number of amides is 1. The highest BCUT2D eigenvalue weighted by atomic mass is 35.5. The number of halogens is 1. The van der Waals surface area contributed by atoms with Crippen LogP contribution in [-0.4, -0.2) is 11.4 Å². The van der Waals surface area contributed by atoms with Crippen LogP contribution in [-0.2, 0) is 17.6 Å². The van der Waals surface area contributed by atoms with Crippen LogP contribution in [0.4, 0.5) is 5.13 Å². The van der Waals surface area contributed by atoms with Crippen LogP contribution < -0.4 is 10.9 Å². The van der Waals surface area contributed by atoms with Crippen LogP contribution in [0.2, 0.25) is 0 Å². The number of anilines is 1. The number of aromatic nitrogens is 1. The van der Waals surface area contributed by atoms with E-state index in [0.717, 1.165) is 18.0 Å². The lowest BCUT2D eigenvalue weighted by Crippen LogP contribution is -2.18. The zero-order valence-corrected chi connectivity index (χ0v) is 9.21. The lowest BCUT2D eigenvalue weighted by molar-refractivity contribution is -0.109. The summed E-state index contributed by atoms with van der Waals surface area (Å²) in [6, 6.07) is 0. The third-order valence-corrected chi connectivity index (χ3v) is 3.16. The Hall–Kier alpha value is -0.810. The van der Waals surface area contributed by atoms with Crippen molar-refractivity contribution in [3.8, 4) is 0 Å². The molecule has 1 amide bonds. The lowest BCUT2D eigenvalue weighted by atomic mass is 10.0. The van der Waals surface area contributed by atoms with E-state index in [1.165, 1.54) is 23.4 Å². The minimum Gasteiger partial charge on any atom is -0.277 e. The molecule has 78 valence electrons. The van der Waals surface area contributed by atoms with E-state index in [4.69, 9.17) is 0 Å². The third kappa shape index (κ3) is 2.36. The van der Waals surface area contributed by atoms with E-state index in [1.807, 2.05) is 0 Å². The molecule has 1 aliphatic rings. The molecule has 0 bridgehead atoms. The Kier molecular flexibility index (Phi) is 4.16. The third-order valence-electron chi connectivity index (χ3n) is 2.08. The number of nitrogens with one attached hydrogen (secondary N) is 2. The molecule has 0 atom stereocenters. The Balaban J connectivity index is 0.000000980. The van der Waals surface area contributed by atoms with Gasteiger partial charge in [-0.2, -0.15) is 0 Å². The summed E-state index contributed by atoms with van der Waals surface area (Å²) in [5.41, 5.74) is 6.33. The van der Waals surface area contributed by atoms with Gasteiger partial charge in [-0.05, 0) is 25.7 Å². The normalized spacial score (nSPS) is 13.7. The largest absolute Gasteiger partial charge is 0.277 e. The summed E-state index contributed by atoms with van der Waals surface area (Å²) in [5, 5.41) is 0.791. The first-order valence-electron chi connectivity index (χ1n) is 4.34. The van der Waals surface area contributed by atoms with E-state index in [2.05, 4.69) is 15.8 Å². The van der Waals surface area contributed by atoms with Crippen molar-refractivity contribution in [2.24, 2.45) is 0 Å². The van der Waals surface area contributed by atoms with Crippen molar-refractivity contribution in [3.63, 3.8) is 0 Å². The SMILES string of the molecule is Cl.O=CNNc1nc2c(s1)CCCC2. The van der Waals surface area contributed by atoms with Crippen molar-refractivity contribution < 1.29 is 4.79 Å². The second-order valence-electron chi connectivity index (χ2n) is 2.98. The molecule has 0 unspecified atom stereocenters. The Morgan fingerprint density at radius 1 is 1.36 bits per heavy atom. The minimum absolute atomic E-state index is 0. The maximum Gasteiger partial charge on any atom is 0.225 e. The molecule has 0 saturated heterocycles. The minimum atomic E-state index is 0. The molecule has 0 spiro atoms. The molecule has 0 saturated carbocycles. The fraction of sp³-hybridized carbons (Fsp3) is 0.500. The molecule has 14 heavy (non-hydrogen) atoms. The molecule has 1 aromatic heterocycles. The highest BCUT2D eigenvalue weighted by molar-refractivity contribution is 7.15. The van der Waals surface area contributed by atoms with E-state index >= 15 is 0 Å². The predicted octanol–water partition coefficient (Wildman–Crippen LogP) is 1.52. The molecule has 1 heterocycles. The molecule has 1 aliphatic carbocycles. The number of rotatable bonds is 3. The summed E-state index contributed by atoms with van der Waals surface area (Å²) in [7, 11) is 0. The molecular weight excluding hydrogens is 222 g/mol. The Labute approximate surface area is 92.5 Å². The van der Waals surface area contributed by atoms with Crippen molar-refractivity contribution in [1.82, 2.24) is 10.4 Å². The Morgan fingerprint density at radius 2 is 2.14 bits per heavy atom. The molecule has 4 nitrogen and oxygen atoms in total. The van der Waals surface area contributed by atoms with Crippen molar-refractivity contribution >= 4 is 35.3 Å². The van der Waals surface area contributed by atoms with Crippen molar-refractivity contribution in [1.29, 1.82) is 0 Å². The number of nitrogens with zero attached hydrogens (tertiary/aromatic N) is 1. The number of thiazole rings is 1. The number of fused-ring (bicyclic) bond motifs is 1. The van der Waals surface area contributed by atoms with Crippen LogP contribution >= 0.6 is 23.7 Å². The van der Waals surface area contributed by atoms with Crippen LogP contribution in [0.25, 0.3) is 0 Å². The second kappa shape index (κ2) is 5.17. The number of carbonyl (C=O) groups is 1. The topological polar surface area (TPSA) is 54.0 Å². The molecule has 0 radical (unpaired) electrons. The second-order valence-corrected chi connectivity index (χ2v) is 4.07. The standard InChI is InChI=1S/C8H11N3OS.ClH/c12-5-9-11-8-10-6-3-1-2-4-7(6)13-8;/h5H,1-4H2,(H,9,12)(H,10,11);1H. The number of hydrazine groups is 1. The molecule has 6 heteroatoms. The van der Waals surface area contributed by atoms with Crippen LogP contribution in [0.3, 0.4) is 0 Å². The summed E-state index contributed by atoms with van der Waals surface area (Å²) in [6.45, 7) is 0. The van der Waals surface area contributed by atoms with Gasteiger partial charge in [-0.1, -0.05) is 0 Å². The summed E-state index contributed by atoms with van der Waals surface area (Å²) in [6.07, 6.45) is 5.32. The summed E-state index contributed by atoms with van der Waals surface area (Å²) >= 11 is 1.63. The van der Waals surface area contributed by atoms with Crippen LogP contribution in [0.15, 0.2) is 0 Å². The molecule has 0 aromatic carbocycles. The van der Waals surface area contributed by atoms with E-state index in [-0.39, 0.29) is 12.4 Å². The molecule has 2 N–H and O–H groups in total. The summed E-state index contributed by atoms with van der Waals surface area (Å²) in [5.74, 6) is 0. The molecular formula is C8H12ClN3OS. The van der Waals surface area contributed by atoms with Crippen molar-refractivity contribution in [3.05, 3.63) is 10.6 Å². The number of hydrogen-bond donors (Lipinski definition) is 2. The van der Waals surface area contributed by atoms with Gasteiger partial charge in [0.05, 0.1) is 5.69 Å². The zero-order valence-electron chi connectivity index (χ0n) is 7.58. The first-order chi connectivity index (χ1) is 6.40. The van der Waals surface area contributed by atoms with Gasteiger partial charge in [-0.15, -0.1) is 23.7 Å². The van der Waals surface area contributed by atoms with E-state index in [0.29, 0.717) is 6.41 Å². The van der Waals surface area contributed by atoms with Crippen LogP contribution in [0.5, 0.6) is 0 Å². The lowest BCUT2D eigenvalue weighted by Gasteiger charge is -2.06. The highest BCUT2D eigenvalue weighted by Crippen LogP contribution is 2.28. The molecule has 1 aromatic rings. The van der Waals surface area contributed by atoms with E-state index < -0.39 is 0 Å². The monoisotopic (exact) mass is 233 g/mol. The number of carbonyl (C=O) groups excluding carboxylic acids is 1. The van der Waals surface area contributed by atoms with Gasteiger partial charge in [0.2, 0.25) is 11.5 Å². The summed E-state index contributed by atoms with van der Waals surface area (Å²) in [4.78, 5) is 15.8. The fourth-order valence-corrected chi connectivity index (χ4v) is 2.51. The molecule has 0 fully saturated rings. The van der Waals surface area contributed by atoms with Crippen molar-refractivity contribution in [2.75, 3.05) is 5.43 Å². The van der Waals surface area contributed by atoms with E-state index in [1.54, 1.807) is 11.3 Å². The van der Waals surface area contributed by atoms with Gasteiger partial charge < -0.3 is 0 Å². The number of aryl methyl sites for hydroxylation is 2. The fourth-order valence-electron chi connectivity index (χ4n) is 1.50. The van der Waals surface area contributed by atoms with E-state index in [9.17, 15) is 4.79 Å². The van der Waals surface area contributed by atoms with Gasteiger partial charge in [0.15, 0.2) is 0 Å². The quantitative estimate of drug-likeness (QED) is 0.615. The van der Waals surface area contributed by atoms with Gasteiger partial charge in [0, 0.05) is 4.88 Å². The van der Waals surface area contributed by atoms with Crippen LogP contribution in [0.1, 0.15) is 23.4 Å². The zero-order chi connectivity index (χ0) is 9.10. The Morgan fingerprint density at radius 3 is 2.86 bits per heavy atom. The molecule has 0 aliphatic heterocycles. The van der Waals surface area contributed by atoms with Crippen LogP contribution in [0, 0.1) is 0 Å². The Bertz CT molecular complexity index is 292.